The summed E-state index contributed by atoms with van der Waals surface area (Å²) in [5, 5.41) is 15.0. The number of anilines is 1. The lowest BCUT2D eigenvalue weighted by Gasteiger charge is -2.07. The van der Waals surface area contributed by atoms with Crippen molar-refractivity contribution in [2.24, 2.45) is 0 Å². The van der Waals surface area contributed by atoms with Crippen molar-refractivity contribution in [1.82, 2.24) is 5.16 Å². The molecule has 1 aromatic carbocycles. The van der Waals surface area contributed by atoms with Crippen LogP contribution in [0.15, 0.2) is 35.1 Å². The molecule has 0 spiro atoms. The topological polar surface area (TPSA) is 75.4 Å². The first-order chi connectivity index (χ1) is 9.20. The molecule has 0 fully saturated rings. The minimum Gasteiger partial charge on any atom is -0.384 e. The fourth-order valence-corrected chi connectivity index (χ4v) is 1.49. The van der Waals surface area contributed by atoms with Crippen molar-refractivity contribution in [3.05, 3.63) is 47.3 Å². The summed E-state index contributed by atoms with van der Waals surface area (Å²) in [4.78, 5) is 11.8. The Morgan fingerprint density at radius 2 is 2.32 bits per heavy atom. The van der Waals surface area contributed by atoms with Crippen LogP contribution in [0, 0.1) is 18.8 Å². The van der Waals surface area contributed by atoms with Crippen LogP contribution in [0.3, 0.4) is 0 Å². The van der Waals surface area contributed by atoms with Crippen molar-refractivity contribution in [2.45, 2.75) is 6.92 Å². The summed E-state index contributed by atoms with van der Waals surface area (Å²) in [5.41, 5.74) is 2.49. The molecule has 96 valence electrons. The lowest BCUT2D eigenvalue weighted by molar-refractivity contribution is 0.101. The van der Waals surface area contributed by atoms with Crippen molar-refractivity contribution in [3.8, 4) is 11.8 Å². The zero-order chi connectivity index (χ0) is 13.7. The number of nitrogens with zero attached hydrogens (tertiary/aromatic N) is 1. The van der Waals surface area contributed by atoms with Crippen LogP contribution in [0.25, 0.3) is 0 Å². The lowest BCUT2D eigenvalue weighted by atomic mass is 10.1. The molecule has 1 heterocycles. The van der Waals surface area contributed by atoms with Crippen molar-refractivity contribution >= 4 is 11.6 Å². The summed E-state index contributed by atoms with van der Waals surface area (Å²) in [6.45, 7) is 1.68. The first-order valence-corrected chi connectivity index (χ1v) is 5.63. The molecule has 0 radical (unpaired) electrons. The van der Waals surface area contributed by atoms with E-state index in [1.807, 2.05) is 19.1 Å². The van der Waals surface area contributed by atoms with Crippen molar-refractivity contribution in [1.29, 1.82) is 0 Å². The first-order valence-electron chi connectivity index (χ1n) is 5.63. The number of hydrogen-bond acceptors (Lipinski definition) is 4. The maximum absolute atomic E-state index is 11.8. The highest BCUT2D eigenvalue weighted by molar-refractivity contribution is 6.03. The first kappa shape index (κ1) is 12.9. The van der Waals surface area contributed by atoms with Crippen LogP contribution in [0.1, 0.15) is 21.6 Å². The average molecular weight is 256 g/mol. The molecule has 0 unspecified atom stereocenters. The Hall–Kier alpha value is -2.58. The molecule has 0 saturated carbocycles. The molecule has 0 bridgehead atoms. The molecule has 1 aromatic heterocycles. The molecule has 1 amide bonds. The number of amides is 1. The standard InChI is InChI=1S/C14H12N2O3/c1-10-4-5-11(3-2-7-17)9-13(10)15-14(18)12-6-8-19-16-12/h4-6,8-9,17H,7H2,1H3,(H,15,18). The highest BCUT2D eigenvalue weighted by Crippen LogP contribution is 2.17. The molecule has 0 aliphatic rings. The highest BCUT2D eigenvalue weighted by atomic mass is 16.5. The van der Waals surface area contributed by atoms with Crippen LogP contribution in [0.2, 0.25) is 0 Å². The monoisotopic (exact) mass is 256 g/mol. The molecule has 2 rings (SSSR count). The second-order valence-corrected chi connectivity index (χ2v) is 3.83. The number of rotatable bonds is 2. The van der Waals surface area contributed by atoms with Gasteiger partial charge in [-0.25, -0.2) is 0 Å². The Morgan fingerprint density at radius 1 is 1.47 bits per heavy atom. The van der Waals surface area contributed by atoms with E-state index in [0.29, 0.717) is 5.69 Å². The molecule has 0 saturated heterocycles. The van der Waals surface area contributed by atoms with Crippen LogP contribution < -0.4 is 5.32 Å². The van der Waals surface area contributed by atoms with Gasteiger partial charge in [-0.1, -0.05) is 23.1 Å². The van der Waals surface area contributed by atoms with E-state index in [1.165, 1.54) is 12.3 Å². The predicted molar refractivity (Wildman–Crippen MR) is 69.6 cm³/mol. The van der Waals surface area contributed by atoms with Gasteiger partial charge < -0.3 is 14.9 Å². The van der Waals surface area contributed by atoms with Gasteiger partial charge in [0.2, 0.25) is 0 Å². The Labute approximate surface area is 110 Å². The maximum Gasteiger partial charge on any atom is 0.277 e. The van der Waals surface area contributed by atoms with Crippen LogP contribution >= 0.6 is 0 Å². The third kappa shape index (κ3) is 3.21. The summed E-state index contributed by atoms with van der Waals surface area (Å²) in [7, 11) is 0. The largest absolute Gasteiger partial charge is 0.384 e. The minimum atomic E-state index is -0.343. The Kier molecular flexibility index (Phi) is 3.96. The molecule has 5 nitrogen and oxygen atoms in total. The lowest BCUT2D eigenvalue weighted by Crippen LogP contribution is -2.13. The van der Waals surface area contributed by atoms with E-state index in [-0.39, 0.29) is 18.2 Å². The highest BCUT2D eigenvalue weighted by Gasteiger charge is 2.10. The van der Waals surface area contributed by atoms with Gasteiger partial charge in [-0.3, -0.25) is 4.79 Å². The Morgan fingerprint density at radius 3 is 3.00 bits per heavy atom. The van der Waals surface area contributed by atoms with Crippen molar-refractivity contribution < 1.29 is 14.4 Å². The maximum atomic E-state index is 11.8. The zero-order valence-corrected chi connectivity index (χ0v) is 10.3. The third-order valence-electron chi connectivity index (χ3n) is 2.47. The quantitative estimate of drug-likeness (QED) is 0.800. The van der Waals surface area contributed by atoms with E-state index in [9.17, 15) is 4.79 Å². The summed E-state index contributed by atoms with van der Waals surface area (Å²) in [6, 6.07) is 6.90. The van der Waals surface area contributed by atoms with Gasteiger partial charge in [0.1, 0.15) is 12.9 Å². The van der Waals surface area contributed by atoms with Gasteiger partial charge >= 0.3 is 0 Å². The van der Waals surface area contributed by atoms with Gasteiger partial charge in [0.25, 0.3) is 5.91 Å². The van der Waals surface area contributed by atoms with E-state index >= 15 is 0 Å². The molecule has 0 atom stereocenters. The number of aliphatic hydroxyl groups is 1. The summed E-state index contributed by atoms with van der Waals surface area (Å²) in [6.07, 6.45) is 1.34. The van der Waals surface area contributed by atoms with Gasteiger partial charge in [-0.2, -0.15) is 0 Å². The van der Waals surface area contributed by atoms with Crippen LogP contribution in [-0.4, -0.2) is 22.8 Å². The van der Waals surface area contributed by atoms with E-state index in [4.69, 9.17) is 5.11 Å². The smallest absolute Gasteiger partial charge is 0.277 e. The van der Waals surface area contributed by atoms with Crippen LogP contribution in [-0.2, 0) is 0 Å². The number of aromatic nitrogens is 1. The molecule has 2 N–H and O–H groups in total. The summed E-state index contributed by atoms with van der Waals surface area (Å²) in [5.74, 6) is 5.00. The van der Waals surface area contributed by atoms with Gasteiger partial charge in [-0.05, 0) is 24.6 Å². The normalized spacial score (nSPS) is 9.58. The van der Waals surface area contributed by atoms with Gasteiger partial charge in [0, 0.05) is 17.3 Å². The SMILES string of the molecule is Cc1ccc(C#CCO)cc1NC(=O)c1ccon1. The second-order valence-electron chi connectivity index (χ2n) is 3.83. The van der Waals surface area contributed by atoms with E-state index in [0.717, 1.165) is 11.1 Å². The van der Waals surface area contributed by atoms with Gasteiger partial charge in [-0.15, -0.1) is 0 Å². The Balaban J connectivity index is 2.22. The third-order valence-corrected chi connectivity index (χ3v) is 2.47. The second kappa shape index (κ2) is 5.85. The molecule has 0 aliphatic heterocycles. The Bertz CT molecular complexity index is 636. The number of aryl methyl sites for hydroxylation is 1. The average Bonchev–Trinajstić information content (AvgIpc) is 2.93. The number of benzene rings is 1. The van der Waals surface area contributed by atoms with Gasteiger partial charge in [0.05, 0.1) is 0 Å². The van der Waals surface area contributed by atoms with Crippen molar-refractivity contribution in [2.75, 3.05) is 11.9 Å². The van der Waals surface area contributed by atoms with Crippen molar-refractivity contribution in [3.63, 3.8) is 0 Å². The fraction of sp³-hybridized carbons (Fsp3) is 0.143. The molecular formula is C14H12N2O3. The zero-order valence-electron chi connectivity index (χ0n) is 10.3. The summed E-state index contributed by atoms with van der Waals surface area (Å²) < 4.78 is 4.62. The van der Waals surface area contributed by atoms with E-state index in [2.05, 4.69) is 26.8 Å². The molecule has 0 aliphatic carbocycles. The fourth-order valence-electron chi connectivity index (χ4n) is 1.49. The van der Waals surface area contributed by atoms with Crippen LogP contribution in [0.5, 0.6) is 0 Å². The predicted octanol–water partition coefficient (Wildman–Crippen LogP) is 1.58. The summed E-state index contributed by atoms with van der Waals surface area (Å²) >= 11 is 0. The van der Waals surface area contributed by atoms with Crippen LogP contribution in [0.4, 0.5) is 5.69 Å². The van der Waals surface area contributed by atoms with E-state index in [1.54, 1.807) is 6.07 Å². The number of carbonyl (C=O) groups is 1. The number of hydrogen-bond donors (Lipinski definition) is 2. The molecule has 2 aromatic rings. The van der Waals surface area contributed by atoms with Gasteiger partial charge in [0.15, 0.2) is 5.69 Å². The molecule has 5 heteroatoms. The number of carbonyl (C=O) groups excluding carboxylic acids is 1. The number of aliphatic hydroxyl groups excluding tert-OH is 1. The number of nitrogens with one attached hydrogen (secondary N) is 1. The molecular weight excluding hydrogens is 244 g/mol. The molecule has 19 heavy (non-hydrogen) atoms. The van der Waals surface area contributed by atoms with E-state index < -0.39 is 0 Å². The minimum absolute atomic E-state index is 0.200.